The summed E-state index contributed by atoms with van der Waals surface area (Å²) in [7, 11) is 1.49. The van der Waals surface area contributed by atoms with Gasteiger partial charge in [-0.1, -0.05) is 48.9 Å². The van der Waals surface area contributed by atoms with Crippen LogP contribution in [-0.4, -0.2) is 35.4 Å². The number of carbonyl (C=O) groups is 2. The Morgan fingerprint density at radius 1 is 1.19 bits per heavy atom. The van der Waals surface area contributed by atoms with E-state index in [9.17, 15) is 14.7 Å². The van der Waals surface area contributed by atoms with Gasteiger partial charge in [-0.2, -0.15) is 0 Å². The number of carbonyl (C=O) groups excluding carboxylic acids is 2. The molecule has 27 heavy (non-hydrogen) atoms. The van der Waals surface area contributed by atoms with Crippen molar-refractivity contribution in [1.29, 1.82) is 0 Å². The Labute approximate surface area is 162 Å². The number of ether oxygens (including phenoxy) is 1. The fourth-order valence-electron chi connectivity index (χ4n) is 3.30. The SMILES string of the molecule is CCCN1C(=O)C(=O)/C(=C(\O)c2ccc(OC)c(Cl)c2)C1c1ccccc1. The number of aliphatic hydroxyl groups excluding tert-OH is 1. The van der Waals surface area contributed by atoms with Crippen molar-refractivity contribution in [3.63, 3.8) is 0 Å². The van der Waals surface area contributed by atoms with Gasteiger partial charge < -0.3 is 14.7 Å². The van der Waals surface area contributed by atoms with E-state index in [1.54, 1.807) is 12.1 Å². The number of rotatable bonds is 5. The maximum Gasteiger partial charge on any atom is 0.295 e. The fraction of sp³-hybridized carbons (Fsp3) is 0.238. The first-order chi connectivity index (χ1) is 13.0. The molecule has 1 aliphatic rings. The Balaban J connectivity index is 2.17. The minimum atomic E-state index is -0.693. The zero-order valence-electron chi connectivity index (χ0n) is 15.1. The standard InChI is InChI=1S/C21H20ClNO4/c1-3-11-23-18(13-7-5-4-6-8-13)17(20(25)21(23)26)19(24)14-9-10-16(27-2)15(22)12-14/h4-10,12,18,24H,3,11H2,1-2H3/b19-17-. The molecule has 0 aromatic heterocycles. The van der Waals surface area contributed by atoms with E-state index in [0.29, 0.717) is 29.3 Å². The van der Waals surface area contributed by atoms with Crippen molar-refractivity contribution in [3.8, 4) is 5.75 Å². The van der Waals surface area contributed by atoms with Gasteiger partial charge in [-0.25, -0.2) is 0 Å². The van der Waals surface area contributed by atoms with Crippen LogP contribution >= 0.6 is 11.6 Å². The van der Waals surface area contributed by atoms with E-state index >= 15 is 0 Å². The Kier molecular flexibility index (Phi) is 5.51. The van der Waals surface area contributed by atoms with Crippen molar-refractivity contribution in [2.75, 3.05) is 13.7 Å². The lowest BCUT2D eigenvalue weighted by atomic mass is 9.95. The molecule has 0 aliphatic carbocycles. The zero-order valence-corrected chi connectivity index (χ0v) is 15.9. The minimum absolute atomic E-state index is 0.0703. The molecule has 0 saturated carbocycles. The topological polar surface area (TPSA) is 66.8 Å². The maximum atomic E-state index is 12.7. The van der Waals surface area contributed by atoms with Crippen LogP contribution in [0.5, 0.6) is 5.75 Å². The Morgan fingerprint density at radius 2 is 1.89 bits per heavy atom. The van der Waals surface area contributed by atoms with E-state index in [4.69, 9.17) is 16.3 Å². The van der Waals surface area contributed by atoms with E-state index in [0.717, 1.165) is 5.56 Å². The molecule has 1 saturated heterocycles. The number of aliphatic hydroxyl groups is 1. The maximum absolute atomic E-state index is 12.7. The first kappa shape index (κ1) is 19.0. The second kappa shape index (κ2) is 7.84. The normalized spacial score (nSPS) is 18.8. The second-order valence-electron chi connectivity index (χ2n) is 6.25. The van der Waals surface area contributed by atoms with Gasteiger partial charge in [0.2, 0.25) is 0 Å². The molecule has 5 nitrogen and oxygen atoms in total. The second-order valence-corrected chi connectivity index (χ2v) is 6.66. The van der Waals surface area contributed by atoms with Gasteiger partial charge in [-0.05, 0) is 30.2 Å². The predicted molar refractivity (Wildman–Crippen MR) is 104 cm³/mol. The van der Waals surface area contributed by atoms with Gasteiger partial charge in [0.1, 0.15) is 11.5 Å². The lowest BCUT2D eigenvalue weighted by molar-refractivity contribution is -0.139. The minimum Gasteiger partial charge on any atom is -0.507 e. The molecule has 0 spiro atoms. The zero-order chi connectivity index (χ0) is 19.6. The Bertz CT molecular complexity index is 908. The fourth-order valence-corrected chi connectivity index (χ4v) is 3.56. The Morgan fingerprint density at radius 3 is 2.48 bits per heavy atom. The van der Waals surface area contributed by atoms with Crippen LogP contribution in [0.4, 0.5) is 0 Å². The van der Waals surface area contributed by atoms with Crippen LogP contribution in [-0.2, 0) is 9.59 Å². The third-order valence-corrected chi connectivity index (χ3v) is 4.84. The molecule has 140 valence electrons. The number of hydrogen-bond acceptors (Lipinski definition) is 4. The molecule has 1 atom stereocenters. The van der Waals surface area contributed by atoms with Gasteiger partial charge in [-0.15, -0.1) is 0 Å². The van der Waals surface area contributed by atoms with Gasteiger partial charge in [0.15, 0.2) is 0 Å². The summed E-state index contributed by atoms with van der Waals surface area (Å²) in [6.45, 7) is 2.36. The molecule has 1 N–H and O–H groups in total. The Hall–Kier alpha value is -2.79. The van der Waals surface area contributed by atoms with Crippen molar-refractivity contribution >= 4 is 29.1 Å². The van der Waals surface area contributed by atoms with Gasteiger partial charge in [0.05, 0.1) is 23.7 Å². The van der Waals surface area contributed by atoms with Crippen LogP contribution < -0.4 is 4.74 Å². The number of hydrogen-bond donors (Lipinski definition) is 1. The smallest absolute Gasteiger partial charge is 0.295 e. The molecular formula is C21H20ClNO4. The van der Waals surface area contributed by atoms with Crippen molar-refractivity contribution in [2.45, 2.75) is 19.4 Å². The number of amides is 1. The van der Waals surface area contributed by atoms with Crippen molar-refractivity contribution in [3.05, 3.63) is 70.3 Å². The van der Waals surface area contributed by atoms with Gasteiger partial charge in [0.25, 0.3) is 11.7 Å². The summed E-state index contributed by atoms with van der Waals surface area (Å²) in [4.78, 5) is 26.8. The monoisotopic (exact) mass is 385 g/mol. The van der Waals surface area contributed by atoms with E-state index in [1.807, 2.05) is 37.3 Å². The van der Waals surface area contributed by atoms with E-state index < -0.39 is 17.7 Å². The highest BCUT2D eigenvalue weighted by molar-refractivity contribution is 6.46. The van der Waals surface area contributed by atoms with Gasteiger partial charge >= 0.3 is 0 Å². The molecule has 3 rings (SSSR count). The van der Waals surface area contributed by atoms with E-state index in [-0.39, 0.29) is 11.3 Å². The number of nitrogens with zero attached hydrogens (tertiary/aromatic N) is 1. The molecule has 1 fully saturated rings. The molecule has 1 heterocycles. The summed E-state index contributed by atoms with van der Waals surface area (Å²) < 4.78 is 5.12. The summed E-state index contributed by atoms with van der Waals surface area (Å²) in [5, 5.41) is 11.2. The first-order valence-electron chi connectivity index (χ1n) is 8.66. The third kappa shape index (κ3) is 3.43. The average molecular weight is 386 g/mol. The quantitative estimate of drug-likeness (QED) is 0.476. The first-order valence-corrected chi connectivity index (χ1v) is 9.04. The van der Waals surface area contributed by atoms with Crippen LogP contribution in [0.1, 0.15) is 30.5 Å². The number of Topliss-reactive ketones (excluding diaryl/α,β-unsaturated/α-hetero) is 1. The average Bonchev–Trinajstić information content (AvgIpc) is 2.93. The largest absolute Gasteiger partial charge is 0.507 e. The van der Waals surface area contributed by atoms with Crippen LogP contribution in [0.25, 0.3) is 5.76 Å². The van der Waals surface area contributed by atoms with Gasteiger partial charge in [-0.3, -0.25) is 9.59 Å². The van der Waals surface area contributed by atoms with Crippen LogP contribution in [0, 0.1) is 0 Å². The molecule has 1 unspecified atom stereocenters. The van der Waals surface area contributed by atoms with Crippen molar-refractivity contribution in [1.82, 2.24) is 4.90 Å². The number of halogens is 1. The number of benzene rings is 2. The van der Waals surface area contributed by atoms with Gasteiger partial charge in [0, 0.05) is 12.1 Å². The van der Waals surface area contributed by atoms with Crippen molar-refractivity contribution in [2.24, 2.45) is 0 Å². The molecule has 1 amide bonds. The molecule has 6 heteroatoms. The van der Waals surface area contributed by atoms with E-state index in [2.05, 4.69) is 0 Å². The molecule has 1 aliphatic heterocycles. The third-order valence-electron chi connectivity index (χ3n) is 4.55. The molecule has 2 aromatic rings. The van der Waals surface area contributed by atoms with E-state index in [1.165, 1.54) is 18.1 Å². The number of ketones is 1. The summed E-state index contributed by atoms with van der Waals surface area (Å²) in [6, 6.07) is 13.3. The highest BCUT2D eigenvalue weighted by Gasteiger charge is 2.45. The highest BCUT2D eigenvalue weighted by atomic mass is 35.5. The molecule has 2 aromatic carbocycles. The summed E-state index contributed by atoms with van der Waals surface area (Å²) >= 11 is 6.16. The van der Waals surface area contributed by atoms with Crippen molar-refractivity contribution < 1.29 is 19.4 Å². The number of methoxy groups -OCH3 is 1. The van der Waals surface area contributed by atoms with Crippen LogP contribution in [0.2, 0.25) is 5.02 Å². The summed E-state index contributed by atoms with van der Waals surface area (Å²) in [5.74, 6) is -1.08. The van der Waals surface area contributed by atoms with Crippen LogP contribution in [0.15, 0.2) is 54.1 Å². The molecular weight excluding hydrogens is 366 g/mol. The summed E-state index contributed by atoms with van der Waals surface area (Å²) in [6.07, 6.45) is 0.699. The lowest BCUT2D eigenvalue weighted by Gasteiger charge is -2.24. The lowest BCUT2D eigenvalue weighted by Crippen LogP contribution is -2.30. The predicted octanol–water partition coefficient (Wildman–Crippen LogP) is 4.18. The molecule has 0 radical (unpaired) electrons. The summed E-state index contributed by atoms with van der Waals surface area (Å²) in [5.41, 5.74) is 1.20. The van der Waals surface area contributed by atoms with Crippen LogP contribution in [0.3, 0.4) is 0 Å². The number of likely N-dealkylation sites (tertiary alicyclic amines) is 1. The molecule has 0 bridgehead atoms. The highest BCUT2D eigenvalue weighted by Crippen LogP contribution is 2.40.